The van der Waals surface area contributed by atoms with E-state index in [1.165, 1.54) is 0 Å². The maximum atomic E-state index is 11.8. The van der Waals surface area contributed by atoms with Crippen LogP contribution in [0.15, 0.2) is 11.6 Å². The number of hydrogen-bond acceptors (Lipinski definition) is 2. The summed E-state index contributed by atoms with van der Waals surface area (Å²) in [5, 5.41) is 9.02. The van der Waals surface area contributed by atoms with Crippen molar-refractivity contribution in [1.29, 1.82) is 0 Å². The number of amides is 1. The van der Waals surface area contributed by atoms with Gasteiger partial charge in [0.2, 0.25) is 5.91 Å². The highest BCUT2D eigenvalue weighted by Crippen LogP contribution is 2.30. The van der Waals surface area contributed by atoms with Crippen LogP contribution in [0.3, 0.4) is 0 Å². The molecule has 1 atom stereocenters. The van der Waals surface area contributed by atoms with Gasteiger partial charge in [0.15, 0.2) is 0 Å². The summed E-state index contributed by atoms with van der Waals surface area (Å²) in [5.41, 5.74) is -0.103. The average molecular weight is 211 g/mol. The Morgan fingerprint density at radius 3 is 2.47 bits per heavy atom. The number of carbonyl (C=O) groups excluding carboxylic acids is 1. The summed E-state index contributed by atoms with van der Waals surface area (Å²) in [4.78, 5) is 24.3. The summed E-state index contributed by atoms with van der Waals surface area (Å²) in [6.07, 6.45) is 2.28. The van der Waals surface area contributed by atoms with Crippen LogP contribution < -0.4 is 0 Å². The Labute approximate surface area is 89.6 Å². The van der Waals surface area contributed by atoms with E-state index in [4.69, 9.17) is 5.11 Å². The van der Waals surface area contributed by atoms with Gasteiger partial charge < -0.3 is 10.0 Å². The van der Waals surface area contributed by atoms with Gasteiger partial charge in [0.05, 0.1) is 5.41 Å². The number of hydrogen-bond donors (Lipinski definition) is 1. The fourth-order valence-corrected chi connectivity index (χ4v) is 1.68. The predicted octanol–water partition coefficient (Wildman–Crippen LogP) is 1.28. The van der Waals surface area contributed by atoms with Crippen LogP contribution in [0, 0.1) is 5.41 Å². The van der Waals surface area contributed by atoms with Gasteiger partial charge in [-0.3, -0.25) is 9.59 Å². The van der Waals surface area contributed by atoms with Crippen molar-refractivity contribution in [3.63, 3.8) is 0 Å². The van der Waals surface area contributed by atoms with E-state index < -0.39 is 11.4 Å². The predicted molar refractivity (Wildman–Crippen MR) is 56.4 cm³/mol. The number of carboxylic acid groups (broad SMARTS) is 1. The zero-order valence-corrected chi connectivity index (χ0v) is 9.41. The van der Waals surface area contributed by atoms with Gasteiger partial charge >= 0.3 is 5.97 Å². The smallest absolute Gasteiger partial charge is 0.311 e. The number of likely N-dealkylation sites (tertiary alicyclic amines) is 1. The molecule has 0 saturated carbocycles. The molecule has 1 saturated heterocycles. The largest absolute Gasteiger partial charge is 0.481 e. The number of carbonyl (C=O) groups is 2. The van der Waals surface area contributed by atoms with Crippen molar-refractivity contribution >= 4 is 11.9 Å². The van der Waals surface area contributed by atoms with Crippen molar-refractivity contribution in [2.24, 2.45) is 5.41 Å². The van der Waals surface area contributed by atoms with Crippen molar-refractivity contribution in [1.82, 2.24) is 4.90 Å². The monoisotopic (exact) mass is 211 g/mol. The van der Waals surface area contributed by atoms with Crippen molar-refractivity contribution in [2.45, 2.75) is 27.2 Å². The number of carboxylic acids is 1. The summed E-state index contributed by atoms with van der Waals surface area (Å²) < 4.78 is 0. The average Bonchev–Trinajstić information content (AvgIpc) is 2.60. The third-order valence-electron chi connectivity index (χ3n) is 3.05. The molecule has 1 heterocycles. The first-order valence-corrected chi connectivity index (χ1v) is 5.06. The first-order chi connectivity index (χ1) is 6.90. The highest BCUT2D eigenvalue weighted by atomic mass is 16.4. The molecule has 0 aliphatic carbocycles. The van der Waals surface area contributed by atoms with Gasteiger partial charge in [-0.2, -0.15) is 0 Å². The molecular weight excluding hydrogens is 194 g/mol. The van der Waals surface area contributed by atoms with E-state index in [1.54, 1.807) is 31.7 Å². The summed E-state index contributed by atoms with van der Waals surface area (Å²) in [6.45, 7) is 6.09. The van der Waals surface area contributed by atoms with E-state index in [1.807, 2.05) is 0 Å². The van der Waals surface area contributed by atoms with Crippen LogP contribution in [0.25, 0.3) is 0 Å². The molecule has 1 fully saturated rings. The summed E-state index contributed by atoms with van der Waals surface area (Å²) in [6, 6.07) is 0. The maximum Gasteiger partial charge on any atom is 0.311 e. The quantitative estimate of drug-likeness (QED) is 0.700. The summed E-state index contributed by atoms with van der Waals surface area (Å²) in [5.74, 6) is -0.876. The Balaban J connectivity index is 2.73. The first kappa shape index (κ1) is 11.8. The molecule has 0 aromatic carbocycles. The van der Waals surface area contributed by atoms with Gasteiger partial charge in [-0.15, -0.1) is 0 Å². The molecule has 1 rings (SSSR count). The van der Waals surface area contributed by atoms with Gasteiger partial charge in [0.1, 0.15) is 0 Å². The van der Waals surface area contributed by atoms with E-state index in [2.05, 4.69) is 0 Å². The molecule has 1 aliphatic rings. The van der Waals surface area contributed by atoms with Crippen LogP contribution in [0.2, 0.25) is 0 Å². The van der Waals surface area contributed by atoms with Crippen LogP contribution in [0.4, 0.5) is 0 Å². The van der Waals surface area contributed by atoms with Crippen LogP contribution in [-0.2, 0) is 9.59 Å². The topological polar surface area (TPSA) is 57.6 Å². The van der Waals surface area contributed by atoms with E-state index in [0.717, 1.165) is 0 Å². The molecular formula is C11H17NO3. The van der Waals surface area contributed by atoms with Crippen LogP contribution in [0.5, 0.6) is 0 Å². The fourth-order valence-electron chi connectivity index (χ4n) is 1.68. The lowest BCUT2D eigenvalue weighted by Crippen LogP contribution is -2.35. The molecule has 1 aliphatic heterocycles. The zero-order valence-electron chi connectivity index (χ0n) is 9.41. The second kappa shape index (κ2) is 4.04. The van der Waals surface area contributed by atoms with E-state index in [0.29, 0.717) is 25.1 Å². The minimum absolute atomic E-state index is 0.0533. The molecule has 1 amide bonds. The van der Waals surface area contributed by atoms with Gasteiger partial charge in [0.25, 0.3) is 0 Å². The van der Waals surface area contributed by atoms with Crippen molar-refractivity contribution in [2.75, 3.05) is 13.1 Å². The van der Waals surface area contributed by atoms with Crippen molar-refractivity contribution < 1.29 is 14.7 Å². The Kier molecular flexibility index (Phi) is 3.17. The fraction of sp³-hybridized carbons (Fsp3) is 0.636. The SMILES string of the molecule is C/C=C(/C)C(=O)N1CC[C@@](C)(C(=O)O)C1. The summed E-state index contributed by atoms with van der Waals surface area (Å²) >= 11 is 0. The Morgan fingerprint density at radius 2 is 2.07 bits per heavy atom. The van der Waals surface area contributed by atoms with Gasteiger partial charge in [-0.25, -0.2) is 0 Å². The van der Waals surface area contributed by atoms with Gasteiger partial charge in [0, 0.05) is 18.7 Å². The summed E-state index contributed by atoms with van der Waals surface area (Å²) in [7, 11) is 0. The van der Waals surface area contributed by atoms with Gasteiger partial charge in [-0.05, 0) is 27.2 Å². The number of rotatable bonds is 2. The van der Waals surface area contributed by atoms with E-state index >= 15 is 0 Å². The molecule has 84 valence electrons. The third-order valence-corrected chi connectivity index (χ3v) is 3.05. The Morgan fingerprint density at radius 1 is 1.47 bits per heavy atom. The third kappa shape index (κ3) is 2.19. The van der Waals surface area contributed by atoms with Crippen molar-refractivity contribution in [3.8, 4) is 0 Å². The van der Waals surface area contributed by atoms with E-state index in [-0.39, 0.29) is 5.91 Å². The highest BCUT2D eigenvalue weighted by Gasteiger charge is 2.42. The minimum Gasteiger partial charge on any atom is -0.481 e. The Hall–Kier alpha value is -1.32. The molecule has 15 heavy (non-hydrogen) atoms. The molecule has 0 spiro atoms. The maximum absolute atomic E-state index is 11.8. The number of aliphatic carboxylic acids is 1. The van der Waals surface area contributed by atoms with Crippen LogP contribution in [-0.4, -0.2) is 35.0 Å². The second-order valence-electron chi connectivity index (χ2n) is 4.31. The molecule has 0 bridgehead atoms. The lowest BCUT2D eigenvalue weighted by atomic mass is 9.90. The van der Waals surface area contributed by atoms with E-state index in [9.17, 15) is 9.59 Å². The molecule has 0 aromatic rings. The normalized spacial score (nSPS) is 26.9. The second-order valence-corrected chi connectivity index (χ2v) is 4.31. The molecule has 1 N–H and O–H groups in total. The van der Waals surface area contributed by atoms with Crippen LogP contribution >= 0.6 is 0 Å². The standard InChI is InChI=1S/C11H17NO3/c1-4-8(2)9(13)12-6-5-11(3,7-12)10(14)15/h4H,5-7H2,1-3H3,(H,14,15)/b8-4-/t11-/m1/s1. The highest BCUT2D eigenvalue weighted by molar-refractivity contribution is 5.93. The lowest BCUT2D eigenvalue weighted by Gasteiger charge is -2.20. The molecule has 0 unspecified atom stereocenters. The van der Waals surface area contributed by atoms with Crippen LogP contribution in [0.1, 0.15) is 27.2 Å². The zero-order chi connectivity index (χ0) is 11.6. The number of nitrogens with zero attached hydrogens (tertiary/aromatic N) is 1. The Bertz CT molecular complexity index is 322. The molecule has 0 radical (unpaired) electrons. The minimum atomic E-state index is -0.823. The molecule has 0 aromatic heterocycles. The lowest BCUT2D eigenvalue weighted by molar-refractivity contribution is -0.147. The number of allylic oxidation sites excluding steroid dienone is 1. The molecule has 4 heteroatoms. The van der Waals surface area contributed by atoms with Gasteiger partial charge in [-0.1, -0.05) is 6.08 Å². The van der Waals surface area contributed by atoms with Crippen molar-refractivity contribution in [3.05, 3.63) is 11.6 Å². The molecule has 4 nitrogen and oxygen atoms in total. The first-order valence-electron chi connectivity index (χ1n) is 5.06.